The Morgan fingerprint density at radius 3 is 0.864 bits per heavy atom. The van der Waals surface area contributed by atoms with Crippen LogP contribution >= 0.6 is 0 Å². The number of carbonyl (C=O) groups excluding carboxylic acids is 4. The molecular formula is C34H28O10. The van der Waals surface area contributed by atoms with Crippen molar-refractivity contribution in [2.45, 2.75) is 36.6 Å². The first-order valence-electron chi connectivity index (χ1n) is 13.7. The minimum Gasteiger partial charge on any atom is -0.453 e. The van der Waals surface area contributed by atoms with Crippen LogP contribution in [0.15, 0.2) is 121 Å². The molecule has 1 aliphatic rings. The average molecular weight is 597 g/mol. The highest BCUT2D eigenvalue weighted by molar-refractivity contribution is 5.92. The first kappa shape index (κ1) is 30.1. The van der Waals surface area contributed by atoms with Crippen molar-refractivity contribution in [2.24, 2.45) is 0 Å². The SMILES string of the molecule is O=C(O[C@H]1[C@@H](O)[C@@H](OC(=O)c2ccccc2)[C@H](OC(=O)c2ccccc2)[C@@H](OC(=O)c2ccccc2)[C@@H]1O)c1ccccc1. The number of hydrogen-bond acceptors (Lipinski definition) is 10. The zero-order valence-electron chi connectivity index (χ0n) is 23.2. The van der Waals surface area contributed by atoms with E-state index in [4.69, 9.17) is 18.9 Å². The topological polar surface area (TPSA) is 146 Å². The summed E-state index contributed by atoms with van der Waals surface area (Å²) in [7, 11) is 0. The van der Waals surface area contributed by atoms with Crippen LogP contribution in [0.4, 0.5) is 0 Å². The molecule has 1 saturated carbocycles. The maximum Gasteiger partial charge on any atom is 0.338 e. The van der Waals surface area contributed by atoms with Gasteiger partial charge >= 0.3 is 23.9 Å². The van der Waals surface area contributed by atoms with Gasteiger partial charge in [-0.2, -0.15) is 0 Å². The average Bonchev–Trinajstić information content (AvgIpc) is 3.07. The molecule has 0 aliphatic heterocycles. The molecule has 44 heavy (non-hydrogen) atoms. The normalized spacial score (nSPS) is 22.7. The van der Waals surface area contributed by atoms with Crippen molar-refractivity contribution in [3.8, 4) is 0 Å². The van der Waals surface area contributed by atoms with Gasteiger partial charge in [-0.3, -0.25) is 0 Å². The lowest BCUT2D eigenvalue weighted by Crippen LogP contribution is -2.67. The maximum absolute atomic E-state index is 13.2. The molecule has 1 aliphatic carbocycles. The Morgan fingerprint density at radius 2 is 0.591 bits per heavy atom. The van der Waals surface area contributed by atoms with Crippen LogP contribution < -0.4 is 0 Å². The predicted molar refractivity (Wildman–Crippen MR) is 155 cm³/mol. The highest BCUT2D eigenvalue weighted by Gasteiger charge is 2.57. The van der Waals surface area contributed by atoms with E-state index in [1.807, 2.05) is 0 Å². The Balaban J connectivity index is 1.53. The molecule has 0 heterocycles. The van der Waals surface area contributed by atoms with Gasteiger partial charge in [0.05, 0.1) is 22.3 Å². The van der Waals surface area contributed by atoms with E-state index >= 15 is 0 Å². The van der Waals surface area contributed by atoms with E-state index in [2.05, 4.69) is 0 Å². The van der Waals surface area contributed by atoms with Crippen molar-refractivity contribution in [1.82, 2.24) is 0 Å². The van der Waals surface area contributed by atoms with Gasteiger partial charge in [-0.05, 0) is 48.5 Å². The van der Waals surface area contributed by atoms with E-state index in [-0.39, 0.29) is 22.3 Å². The molecule has 0 unspecified atom stereocenters. The third kappa shape index (κ3) is 6.83. The Morgan fingerprint density at radius 1 is 0.364 bits per heavy atom. The first-order valence-corrected chi connectivity index (χ1v) is 13.7. The number of carbonyl (C=O) groups is 4. The third-order valence-corrected chi connectivity index (χ3v) is 7.00. The van der Waals surface area contributed by atoms with Crippen molar-refractivity contribution < 1.29 is 48.3 Å². The molecule has 224 valence electrons. The van der Waals surface area contributed by atoms with Gasteiger partial charge in [-0.1, -0.05) is 72.8 Å². The molecule has 0 radical (unpaired) electrons. The monoisotopic (exact) mass is 596 g/mol. The molecule has 0 bridgehead atoms. The summed E-state index contributed by atoms with van der Waals surface area (Å²) in [5, 5.41) is 22.9. The lowest BCUT2D eigenvalue weighted by Gasteiger charge is -2.45. The van der Waals surface area contributed by atoms with Crippen LogP contribution in [0.2, 0.25) is 0 Å². The number of esters is 4. The minimum atomic E-state index is -1.91. The molecule has 0 saturated heterocycles. The summed E-state index contributed by atoms with van der Waals surface area (Å²) in [4.78, 5) is 52.6. The molecule has 1 fully saturated rings. The summed E-state index contributed by atoms with van der Waals surface area (Å²) in [6, 6.07) is 31.3. The van der Waals surface area contributed by atoms with E-state index in [1.54, 1.807) is 72.8 Å². The molecule has 4 aromatic rings. The largest absolute Gasteiger partial charge is 0.453 e. The molecule has 0 amide bonds. The van der Waals surface area contributed by atoms with Crippen LogP contribution in [0.1, 0.15) is 41.4 Å². The van der Waals surface area contributed by atoms with Crippen molar-refractivity contribution in [1.29, 1.82) is 0 Å². The summed E-state index contributed by atoms with van der Waals surface area (Å²) in [5.41, 5.74) is 0.430. The van der Waals surface area contributed by atoms with E-state index in [9.17, 15) is 29.4 Å². The Labute approximate surface area is 252 Å². The van der Waals surface area contributed by atoms with Crippen molar-refractivity contribution in [3.63, 3.8) is 0 Å². The van der Waals surface area contributed by atoms with Crippen LogP contribution in [0.5, 0.6) is 0 Å². The number of ether oxygens (including phenoxy) is 4. The van der Waals surface area contributed by atoms with Gasteiger partial charge in [0.25, 0.3) is 0 Å². The molecule has 10 nitrogen and oxygen atoms in total. The molecular weight excluding hydrogens is 568 g/mol. The summed E-state index contributed by atoms with van der Waals surface area (Å²) in [6.07, 6.45) is -10.8. The fourth-order valence-corrected chi connectivity index (χ4v) is 4.76. The van der Waals surface area contributed by atoms with Gasteiger partial charge in [0.2, 0.25) is 0 Å². The molecule has 6 atom stereocenters. The Hall–Kier alpha value is -5.32. The van der Waals surface area contributed by atoms with Gasteiger partial charge < -0.3 is 29.2 Å². The summed E-state index contributed by atoms with van der Waals surface area (Å²) >= 11 is 0. The van der Waals surface area contributed by atoms with E-state index in [0.717, 1.165) is 0 Å². The fourth-order valence-electron chi connectivity index (χ4n) is 4.76. The van der Waals surface area contributed by atoms with Crippen molar-refractivity contribution in [3.05, 3.63) is 144 Å². The molecule has 4 aromatic carbocycles. The standard InChI is InChI=1S/C34H28O10/c35-25-27(41-31(37)21-13-5-1-6-14-21)26(36)29(43-33(39)23-17-9-3-10-18-23)30(44-34(40)24-19-11-4-12-20-24)28(25)42-32(38)22-15-7-2-8-16-22/h1-20,25-30,35-36H/t25-,26-,27-,28+,29-,30-/m1/s1. The van der Waals surface area contributed by atoms with Crippen molar-refractivity contribution in [2.75, 3.05) is 0 Å². The second kappa shape index (κ2) is 13.8. The van der Waals surface area contributed by atoms with E-state index in [0.29, 0.717) is 0 Å². The van der Waals surface area contributed by atoms with Crippen LogP contribution in [0.3, 0.4) is 0 Å². The predicted octanol–water partition coefficient (Wildman–Crippen LogP) is 3.62. The zero-order chi connectivity index (χ0) is 31.1. The molecule has 10 heteroatoms. The lowest BCUT2D eigenvalue weighted by atomic mass is 9.84. The van der Waals surface area contributed by atoms with Gasteiger partial charge in [-0.25, -0.2) is 19.2 Å². The maximum atomic E-state index is 13.2. The Kier molecular flexibility index (Phi) is 9.43. The summed E-state index contributed by atoms with van der Waals surface area (Å²) in [6.45, 7) is 0. The molecule has 2 N–H and O–H groups in total. The van der Waals surface area contributed by atoms with Gasteiger partial charge in [0.15, 0.2) is 24.4 Å². The first-order chi connectivity index (χ1) is 21.3. The molecule has 0 aromatic heterocycles. The van der Waals surface area contributed by atoms with Crippen molar-refractivity contribution >= 4 is 23.9 Å². The lowest BCUT2D eigenvalue weighted by molar-refractivity contribution is -0.223. The quantitative estimate of drug-likeness (QED) is 0.228. The second-order valence-electron chi connectivity index (χ2n) is 9.92. The van der Waals surface area contributed by atoms with Crippen LogP contribution in [0.25, 0.3) is 0 Å². The fraction of sp³-hybridized carbons (Fsp3) is 0.176. The number of rotatable bonds is 8. The van der Waals surface area contributed by atoms with Crippen LogP contribution in [-0.2, 0) is 18.9 Å². The second-order valence-corrected chi connectivity index (χ2v) is 9.92. The smallest absolute Gasteiger partial charge is 0.338 e. The van der Waals surface area contributed by atoms with Gasteiger partial charge in [0.1, 0.15) is 12.2 Å². The third-order valence-electron chi connectivity index (χ3n) is 7.00. The minimum absolute atomic E-state index is 0.106. The number of hydrogen-bond donors (Lipinski definition) is 2. The van der Waals surface area contributed by atoms with Gasteiger partial charge in [0, 0.05) is 0 Å². The molecule has 5 rings (SSSR count). The van der Waals surface area contributed by atoms with Gasteiger partial charge in [-0.15, -0.1) is 0 Å². The summed E-state index contributed by atoms with van der Waals surface area (Å²) in [5.74, 6) is -3.63. The van der Waals surface area contributed by atoms with E-state index in [1.165, 1.54) is 48.5 Å². The highest BCUT2D eigenvalue weighted by atomic mass is 16.6. The van der Waals surface area contributed by atoms with E-state index < -0.39 is 60.5 Å². The number of aliphatic hydroxyl groups excluding tert-OH is 2. The summed E-state index contributed by atoms with van der Waals surface area (Å²) < 4.78 is 22.5. The Bertz CT molecular complexity index is 1510. The zero-order valence-corrected chi connectivity index (χ0v) is 23.2. The van der Waals surface area contributed by atoms with Crippen LogP contribution in [-0.4, -0.2) is 70.7 Å². The number of aliphatic hydroxyl groups is 2. The molecule has 0 spiro atoms. The van der Waals surface area contributed by atoms with Crippen LogP contribution in [0, 0.1) is 0 Å². The number of benzene rings is 4. The highest BCUT2D eigenvalue weighted by Crippen LogP contribution is 2.32.